The predicted octanol–water partition coefficient (Wildman–Crippen LogP) is 5.10. The van der Waals surface area contributed by atoms with E-state index in [1.54, 1.807) is 24.4 Å². The molecule has 0 atom stereocenters. The number of anilines is 1. The molecule has 0 spiro atoms. The fourth-order valence-corrected chi connectivity index (χ4v) is 2.96. The van der Waals surface area contributed by atoms with Crippen LogP contribution in [0, 0.1) is 6.92 Å². The van der Waals surface area contributed by atoms with E-state index in [0.29, 0.717) is 16.5 Å². The molecule has 6 heteroatoms. The van der Waals surface area contributed by atoms with Gasteiger partial charge in [-0.05, 0) is 42.8 Å². The topological polar surface area (TPSA) is 68.0 Å². The highest BCUT2D eigenvalue weighted by molar-refractivity contribution is 6.30. The van der Waals surface area contributed by atoms with Crippen LogP contribution in [0.2, 0.25) is 5.02 Å². The molecule has 2 aromatic heterocycles. The van der Waals surface area contributed by atoms with Crippen molar-refractivity contribution in [2.45, 2.75) is 6.92 Å². The van der Waals surface area contributed by atoms with E-state index in [1.165, 1.54) is 0 Å². The van der Waals surface area contributed by atoms with Crippen LogP contribution in [-0.4, -0.2) is 16.0 Å². The van der Waals surface area contributed by atoms with Gasteiger partial charge in [0.15, 0.2) is 11.5 Å². The summed E-state index contributed by atoms with van der Waals surface area (Å²) >= 11 is 5.99. The van der Waals surface area contributed by atoms with E-state index >= 15 is 0 Å². The Kier molecular flexibility index (Phi) is 4.14. The first-order chi connectivity index (χ1) is 12.6. The minimum absolute atomic E-state index is 0.192. The van der Waals surface area contributed by atoms with E-state index in [0.717, 1.165) is 22.0 Å². The van der Waals surface area contributed by atoms with Crippen LogP contribution < -0.4 is 5.32 Å². The molecule has 0 saturated heterocycles. The number of carbonyl (C=O) groups is 1. The van der Waals surface area contributed by atoms with E-state index in [4.69, 9.17) is 16.1 Å². The summed E-state index contributed by atoms with van der Waals surface area (Å²) in [6, 6.07) is 16.3. The van der Waals surface area contributed by atoms with E-state index in [2.05, 4.69) is 15.5 Å². The zero-order valence-corrected chi connectivity index (χ0v) is 14.6. The van der Waals surface area contributed by atoms with Crippen molar-refractivity contribution in [2.75, 3.05) is 5.32 Å². The van der Waals surface area contributed by atoms with E-state index in [1.807, 2.05) is 43.3 Å². The van der Waals surface area contributed by atoms with Gasteiger partial charge in [0.1, 0.15) is 0 Å². The largest absolute Gasteiger partial charge is 0.355 e. The smallest absolute Gasteiger partial charge is 0.277 e. The Morgan fingerprint density at radius 3 is 2.85 bits per heavy atom. The number of carbonyl (C=O) groups excluding carboxylic acids is 1. The Balaban J connectivity index is 1.63. The lowest BCUT2D eigenvalue weighted by Crippen LogP contribution is -2.12. The number of benzene rings is 2. The molecule has 0 bridgehead atoms. The van der Waals surface area contributed by atoms with Crippen molar-refractivity contribution in [1.29, 1.82) is 0 Å². The molecule has 0 aliphatic rings. The fourth-order valence-electron chi connectivity index (χ4n) is 2.77. The lowest BCUT2D eigenvalue weighted by Gasteiger charge is -2.08. The van der Waals surface area contributed by atoms with Crippen LogP contribution in [0.5, 0.6) is 0 Å². The second-order valence-corrected chi connectivity index (χ2v) is 6.31. The number of nitrogens with one attached hydrogen (secondary N) is 1. The predicted molar refractivity (Wildman–Crippen MR) is 101 cm³/mol. The molecule has 4 rings (SSSR count). The molecule has 2 aromatic carbocycles. The zero-order chi connectivity index (χ0) is 18.1. The number of hydrogen-bond acceptors (Lipinski definition) is 4. The van der Waals surface area contributed by atoms with Gasteiger partial charge in [0, 0.05) is 28.2 Å². The van der Waals surface area contributed by atoms with Gasteiger partial charge >= 0.3 is 0 Å². The molecule has 128 valence electrons. The second kappa shape index (κ2) is 6.61. The molecule has 0 aliphatic heterocycles. The normalized spacial score (nSPS) is 10.8. The Morgan fingerprint density at radius 1 is 1.12 bits per heavy atom. The second-order valence-electron chi connectivity index (χ2n) is 5.87. The number of aromatic nitrogens is 2. The molecule has 26 heavy (non-hydrogen) atoms. The van der Waals surface area contributed by atoms with Gasteiger partial charge in [0.25, 0.3) is 5.91 Å². The maximum absolute atomic E-state index is 12.6. The average molecular weight is 364 g/mol. The number of fused-ring (bicyclic) bond motifs is 1. The lowest BCUT2D eigenvalue weighted by molar-refractivity contribution is 0.101. The van der Waals surface area contributed by atoms with E-state index < -0.39 is 0 Å². The van der Waals surface area contributed by atoms with Gasteiger partial charge < -0.3 is 9.84 Å². The third-order valence-electron chi connectivity index (χ3n) is 4.07. The number of hydrogen-bond donors (Lipinski definition) is 1. The molecule has 0 saturated carbocycles. The van der Waals surface area contributed by atoms with Crippen molar-refractivity contribution in [1.82, 2.24) is 10.1 Å². The maximum atomic E-state index is 12.6. The maximum Gasteiger partial charge on any atom is 0.277 e. The highest BCUT2D eigenvalue weighted by Gasteiger charge is 2.15. The summed E-state index contributed by atoms with van der Waals surface area (Å²) in [6.45, 7) is 1.98. The molecule has 5 nitrogen and oxygen atoms in total. The van der Waals surface area contributed by atoms with Gasteiger partial charge in [-0.2, -0.15) is 0 Å². The molecule has 0 aliphatic carbocycles. The van der Waals surface area contributed by atoms with Gasteiger partial charge in [0.05, 0.1) is 11.2 Å². The van der Waals surface area contributed by atoms with Crippen LogP contribution in [0.4, 0.5) is 5.69 Å². The van der Waals surface area contributed by atoms with Crippen LogP contribution in [0.1, 0.15) is 16.1 Å². The monoisotopic (exact) mass is 363 g/mol. The summed E-state index contributed by atoms with van der Waals surface area (Å²) in [7, 11) is 0. The standard InChI is InChI=1S/C20H14ClN3O2/c1-12-7-8-16(15-6-3-9-22-19(12)15)23-20(25)17-11-18(26-24-17)13-4-2-5-14(21)10-13/h2-11H,1H3,(H,23,25). The summed E-state index contributed by atoms with van der Waals surface area (Å²) in [5.74, 6) is 0.129. The molecule has 0 unspecified atom stereocenters. The van der Waals surface area contributed by atoms with Crippen LogP contribution in [0.15, 0.2) is 65.3 Å². The zero-order valence-electron chi connectivity index (χ0n) is 13.9. The Morgan fingerprint density at radius 2 is 2.00 bits per heavy atom. The van der Waals surface area contributed by atoms with Gasteiger partial charge in [-0.25, -0.2) is 0 Å². The van der Waals surface area contributed by atoms with Crippen molar-refractivity contribution in [3.05, 3.63) is 77.1 Å². The molecule has 2 heterocycles. The van der Waals surface area contributed by atoms with Crippen molar-refractivity contribution in [3.63, 3.8) is 0 Å². The molecule has 4 aromatic rings. The van der Waals surface area contributed by atoms with Crippen LogP contribution in [0.3, 0.4) is 0 Å². The lowest BCUT2D eigenvalue weighted by atomic mass is 10.1. The van der Waals surface area contributed by atoms with Crippen molar-refractivity contribution < 1.29 is 9.32 Å². The first-order valence-electron chi connectivity index (χ1n) is 8.00. The highest BCUT2D eigenvalue weighted by atomic mass is 35.5. The number of halogens is 1. The molecule has 1 amide bonds. The third kappa shape index (κ3) is 3.05. The Hall–Kier alpha value is -3.18. The molecular formula is C20H14ClN3O2. The number of pyridine rings is 1. The average Bonchev–Trinajstić information content (AvgIpc) is 3.15. The number of amides is 1. The SMILES string of the molecule is Cc1ccc(NC(=O)c2cc(-c3cccc(Cl)c3)on2)c2cccnc12. The number of aryl methyl sites for hydroxylation is 1. The summed E-state index contributed by atoms with van der Waals surface area (Å²) < 4.78 is 5.29. The third-order valence-corrected chi connectivity index (χ3v) is 4.31. The van der Waals surface area contributed by atoms with Crippen LogP contribution in [0.25, 0.3) is 22.2 Å². The van der Waals surface area contributed by atoms with Crippen molar-refractivity contribution in [3.8, 4) is 11.3 Å². The van der Waals surface area contributed by atoms with Crippen molar-refractivity contribution >= 4 is 34.1 Å². The van der Waals surface area contributed by atoms with Crippen LogP contribution >= 0.6 is 11.6 Å². The van der Waals surface area contributed by atoms with Crippen LogP contribution in [-0.2, 0) is 0 Å². The van der Waals surface area contributed by atoms with Gasteiger partial charge in [-0.1, -0.05) is 35.0 Å². The Labute approximate surface area is 154 Å². The number of rotatable bonds is 3. The van der Waals surface area contributed by atoms with Gasteiger partial charge in [-0.3, -0.25) is 9.78 Å². The van der Waals surface area contributed by atoms with Crippen molar-refractivity contribution in [2.24, 2.45) is 0 Å². The quantitative estimate of drug-likeness (QED) is 0.549. The summed E-state index contributed by atoms with van der Waals surface area (Å²) in [6.07, 6.45) is 1.73. The first-order valence-corrected chi connectivity index (χ1v) is 8.38. The summed E-state index contributed by atoms with van der Waals surface area (Å²) in [4.78, 5) is 16.9. The first kappa shape index (κ1) is 16.3. The van der Waals surface area contributed by atoms with E-state index in [-0.39, 0.29) is 11.6 Å². The minimum Gasteiger partial charge on any atom is -0.355 e. The van der Waals surface area contributed by atoms with Gasteiger partial charge in [0.2, 0.25) is 0 Å². The van der Waals surface area contributed by atoms with Gasteiger partial charge in [-0.15, -0.1) is 0 Å². The number of nitrogens with zero attached hydrogens (tertiary/aromatic N) is 2. The van der Waals surface area contributed by atoms with E-state index in [9.17, 15) is 4.79 Å². The molecule has 1 N–H and O–H groups in total. The Bertz CT molecular complexity index is 1120. The summed E-state index contributed by atoms with van der Waals surface area (Å²) in [5.41, 5.74) is 3.52. The molecule has 0 fully saturated rings. The molecule has 0 radical (unpaired) electrons. The molecular weight excluding hydrogens is 350 g/mol. The fraction of sp³-hybridized carbons (Fsp3) is 0.0500. The minimum atomic E-state index is -0.351. The summed E-state index contributed by atoms with van der Waals surface area (Å²) in [5, 5.41) is 8.21. The highest BCUT2D eigenvalue weighted by Crippen LogP contribution is 2.26.